The van der Waals surface area contributed by atoms with Gasteiger partial charge in [0.15, 0.2) is 11.5 Å². The average Bonchev–Trinajstić information content (AvgIpc) is 2.65. The van der Waals surface area contributed by atoms with Gasteiger partial charge < -0.3 is 9.47 Å². The van der Waals surface area contributed by atoms with Gasteiger partial charge in [-0.1, -0.05) is 24.3 Å². The highest BCUT2D eigenvalue weighted by atomic mass is 16.5. The third-order valence-corrected chi connectivity index (χ3v) is 3.31. The zero-order valence-electron chi connectivity index (χ0n) is 15.0. The van der Waals surface area contributed by atoms with Crippen molar-refractivity contribution in [2.75, 3.05) is 7.11 Å². The molecule has 0 saturated heterocycles. The van der Waals surface area contributed by atoms with Crippen molar-refractivity contribution in [3.63, 3.8) is 0 Å². The minimum absolute atomic E-state index is 0.0318. The predicted molar refractivity (Wildman–Crippen MR) is 99.8 cm³/mol. The number of nitrogens with one attached hydrogen (secondary N) is 2. The molecule has 26 heavy (non-hydrogen) atoms. The molecule has 0 atom stereocenters. The lowest BCUT2D eigenvalue weighted by Crippen LogP contribution is -2.40. The lowest BCUT2D eigenvalue weighted by atomic mass is 10.2. The van der Waals surface area contributed by atoms with Gasteiger partial charge >= 0.3 is 0 Å². The Hall–Kier alpha value is -3.28. The summed E-state index contributed by atoms with van der Waals surface area (Å²) in [5.74, 6) is 0.387. The van der Waals surface area contributed by atoms with E-state index in [0.29, 0.717) is 17.1 Å². The maximum absolute atomic E-state index is 11.9. The second-order valence-electron chi connectivity index (χ2n) is 5.72. The Morgan fingerprint density at radius 1 is 1.00 bits per heavy atom. The van der Waals surface area contributed by atoms with Crippen molar-refractivity contribution in [2.24, 2.45) is 0 Å². The van der Waals surface area contributed by atoms with E-state index in [9.17, 15) is 9.59 Å². The summed E-state index contributed by atoms with van der Waals surface area (Å²) < 4.78 is 11.0. The lowest BCUT2D eigenvalue weighted by Gasteiger charge is -2.13. The van der Waals surface area contributed by atoms with Gasteiger partial charge in [0.1, 0.15) is 0 Å². The molecule has 0 saturated carbocycles. The molecule has 0 spiro atoms. The zero-order valence-corrected chi connectivity index (χ0v) is 15.0. The molecular weight excluding hydrogens is 332 g/mol. The minimum Gasteiger partial charge on any atom is -0.493 e. The van der Waals surface area contributed by atoms with E-state index in [1.165, 1.54) is 6.08 Å². The zero-order chi connectivity index (χ0) is 18.9. The molecule has 0 aliphatic carbocycles. The molecule has 0 bridgehead atoms. The van der Waals surface area contributed by atoms with Crippen molar-refractivity contribution < 1.29 is 19.1 Å². The van der Waals surface area contributed by atoms with Crippen molar-refractivity contribution in [3.05, 3.63) is 65.7 Å². The molecule has 0 aromatic heterocycles. The third-order valence-electron chi connectivity index (χ3n) is 3.31. The molecule has 0 radical (unpaired) electrons. The number of rotatable bonds is 6. The van der Waals surface area contributed by atoms with E-state index in [0.717, 1.165) is 5.56 Å². The number of ether oxygens (including phenoxy) is 2. The van der Waals surface area contributed by atoms with Crippen LogP contribution in [0.2, 0.25) is 0 Å². The van der Waals surface area contributed by atoms with Crippen molar-refractivity contribution in [3.8, 4) is 11.5 Å². The molecule has 0 heterocycles. The molecule has 2 rings (SSSR count). The molecule has 0 aliphatic heterocycles. The van der Waals surface area contributed by atoms with Crippen LogP contribution in [0.1, 0.15) is 29.8 Å². The highest BCUT2D eigenvalue weighted by molar-refractivity contribution is 5.97. The number of carbonyl (C=O) groups excluding carboxylic acids is 2. The largest absolute Gasteiger partial charge is 0.493 e. The van der Waals surface area contributed by atoms with Crippen LogP contribution in [0.3, 0.4) is 0 Å². The van der Waals surface area contributed by atoms with Crippen LogP contribution in [0.25, 0.3) is 6.08 Å². The Morgan fingerprint density at radius 3 is 2.38 bits per heavy atom. The topological polar surface area (TPSA) is 76.7 Å². The van der Waals surface area contributed by atoms with E-state index in [4.69, 9.17) is 9.47 Å². The summed E-state index contributed by atoms with van der Waals surface area (Å²) in [5.41, 5.74) is 5.92. The van der Waals surface area contributed by atoms with Gasteiger partial charge in [-0.15, -0.1) is 0 Å². The fourth-order valence-corrected chi connectivity index (χ4v) is 2.13. The van der Waals surface area contributed by atoms with E-state index < -0.39 is 5.91 Å². The van der Waals surface area contributed by atoms with Crippen molar-refractivity contribution >= 4 is 17.9 Å². The van der Waals surface area contributed by atoms with E-state index >= 15 is 0 Å². The second-order valence-corrected chi connectivity index (χ2v) is 5.72. The van der Waals surface area contributed by atoms with Gasteiger partial charge in [0.25, 0.3) is 11.8 Å². The molecule has 6 heteroatoms. The van der Waals surface area contributed by atoms with Crippen LogP contribution in [0.5, 0.6) is 11.5 Å². The highest BCUT2D eigenvalue weighted by Crippen LogP contribution is 2.29. The van der Waals surface area contributed by atoms with Crippen molar-refractivity contribution in [2.45, 2.75) is 20.0 Å². The number of methoxy groups -OCH3 is 1. The van der Waals surface area contributed by atoms with Crippen molar-refractivity contribution in [1.82, 2.24) is 10.9 Å². The van der Waals surface area contributed by atoms with Gasteiger partial charge in [-0.2, -0.15) is 0 Å². The van der Waals surface area contributed by atoms with E-state index in [-0.39, 0.29) is 12.0 Å². The summed E-state index contributed by atoms with van der Waals surface area (Å²) in [4.78, 5) is 23.7. The molecule has 0 unspecified atom stereocenters. The van der Waals surface area contributed by atoms with E-state index in [2.05, 4.69) is 10.9 Å². The Kier molecular flexibility index (Phi) is 6.79. The molecule has 2 aromatic carbocycles. The van der Waals surface area contributed by atoms with Crippen LogP contribution in [-0.2, 0) is 4.79 Å². The van der Waals surface area contributed by atoms with Gasteiger partial charge in [0.05, 0.1) is 13.2 Å². The Morgan fingerprint density at radius 2 is 1.73 bits per heavy atom. The quantitative estimate of drug-likeness (QED) is 0.618. The van der Waals surface area contributed by atoms with Gasteiger partial charge in [-0.05, 0) is 49.8 Å². The van der Waals surface area contributed by atoms with Crippen molar-refractivity contribution in [1.29, 1.82) is 0 Å². The average molecular weight is 354 g/mol. The number of carbonyl (C=O) groups is 2. The van der Waals surface area contributed by atoms with Crippen LogP contribution in [0, 0.1) is 0 Å². The monoisotopic (exact) mass is 354 g/mol. The van der Waals surface area contributed by atoms with Crippen LogP contribution < -0.4 is 20.3 Å². The summed E-state index contributed by atoms with van der Waals surface area (Å²) in [6.45, 7) is 3.86. The fourth-order valence-electron chi connectivity index (χ4n) is 2.13. The first kappa shape index (κ1) is 19.1. The molecule has 136 valence electrons. The van der Waals surface area contributed by atoms with Crippen LogP contribution >= 0.6 is 0 Å². The SMILES string of the molecule is COc1cc(/C=C/C(=O)NNC(=O)c2ccccc2)ccc1OC(C)C. The first-order valence-electron chi connectivity index (χ1n) is 8.17. The Labute approximate surface area is 152 Å². The summed E-state index contributed by atoms with van der Waals surface area (Å²) in [6.07, 6.45) is 2.97. The van der Waals surface area contributed by atoms with Crippen LogP contribution in [-0.4, -0.2) is 25.0 Å². The number of benzene rings is 2. The minimum atomic E-state index is -0.448. The first-order valence-corrected chi connectivity index (χ1v) is 8.17. The maximum atomic E-state index is 11.9. The highest BCUT2D eigenvalue weighted by Gasteiger charge is 2.07. The number of amides is 2. The van der Waals surface area contributed by atoms with Gasteiger partial charge in [0.2, 0.25) is 0 Å². The Balaban J connectivity index is 1.94. The number of hydrogen-bond donors (Lipinski definition) is 2. The van der Waals surface area contributed by atoms with Crippen LogP contribution in [0.15, 0.2) is 54.6 Å². The normalized spacial score (nSPS) is 10.6. The van der Waals surface area contributed by atoms with Gasteiger partial charge in [-0.25, -0.2) is 0 Å². The molecule has 2 amide bonds. The summed E-state index contributed by atoms with van der Waals surface area (Å²) >= 11 is 0. The summed E-state index contributed by atoms with van der Waals surface area (Å²) in [7, 11) is 1.56. The summed E-state index contributed by atoms with van der Waals surface area (Å²) in [5, 5.41) is 0. The molecule has 2 N–H and O–H groups in total. The van der Waals surface area contributed by atoms with Gasteiger partial charge in [0, 0.05) is 11.6 Å². The van der Waals surface area contributed by atoms with Crippen LogP contribution in [0.4, 0.5) is 0 Å². The molecule has 0 fully saturated rings. The first-order chi connectivity index (χ1) is 12.5. The molecule has 6 nitrogen and oxygen atoms in total. The summed E-state index contributed by atoms with van der Waals surface area (Å²) in [6, 6.07) is 14.0. The smallest absolute Gasteiger partial charge is 0.269 e. The fraction of sp³-hybridized carbons (Fsp3) is 0.200. The van der Waals surface area contributed by atoms with Gasteiger partial charge in [-0.3, -0.25) is 20.4 Å². The molecular formula is C20H22N2O4. The Bertz CT molecular complexity index is 786. The molecule has 2 aromatic rings. The molecule has 0 aliphatic rings. The lowest BCUT2D eigenvalue weighted by molar-refractivity contribution is -0.117. The van der Waals surface area contributed by atoms with E-state index in [1.807, 2.05) is 26.0 Å². The standard InChI is InChI=1S/C20H22N2O4/c1-14(2)26-17-11-9-15(13-18(17)25-3)10-12-19(23)21-22-20(24)16-7-5-4-6-8-16/h4-14H,1-3H3,(H,21,23)(H,22,24)/b12-10+. The maximum Gasteiger partial charge on any atom is 0.269 e. The third kappa shape index (κ3) is 5.66. The number of hydrogen-bond acceptors (Lipinski definition) is 4. The number of hydrazine groups is 1. The van der Waals surface area contributed by atoms with E-state index in [1.54, 1.807) is 49.6 Å². The second kappa shape index (κ2) is 9.27. The predicted octanol–water partition coefficient (Wildman–Crippen LogP) is 2.96.